The third-order valence-corrected chi connectivity index (χ3v) is 4.26. The maximum atomic E-state index is 8.81. The highest BCUT2D eigenvalue weighted by molar-refractivity contribution is 5.40. The molecular formula is C19H26O2. The number of hydrogen-bond donors (Lipinski definition) is 1. The van der Waals surface area contributed by atoms with Gasteiger partial charge in [0.25, 0.3) is 0 Å². The number of ether oxygens (including phenoxy) is 1. The molecule has 0 bridgehead atoms. The fourth-order valence-corrected chi connectivity index (χ4v) is 2.95. The van der Waals surface area contributed by atoms with Gasteiger partial charge in [-0.15, -0.1) is 0 Å². The van der Waals surface area contributed by atoms with Crippen molar-refractivity contribution < 1.29 is 9.84 Å². The standard InChI is InChI=1S/C19H26O2/c1-2-16-8-7-12-19(14-16)21-15-18-11-4-3-9-17(18)10-5-6-13-20/h3-4,9,11,16,19-20H,2,6-8,12-15H2,1H3. The molecule has 0 radical (unpaired) electrons. The van der Waals surface area contributed by atoms with Crippen LogP contribution in [0.4, 0.5) is 0 Å². The van der Waals surface area contributed by atoms with Crippen LogP contribution in [0, 0.1) is 17.8 Å². The molecule has 2 heteroatoms. The fraction of sp³-hybridized carbons (Fsp3) is 0.579. The van der Waals surface area contributed by atoms with Crippen LogP contribution >= 0.6 is 0 Å². The van der Waals surface area contributed by atoms with Crippen molar-refractivity contribution in [1.29, 1.82) is 0 Å². The minimum Gasteiger partial charge on any atom is -0.395 e. The summed E-state index contributed by atoms with van der Waals surface area (Å²) in [7, 11) is 0. The van der Waals surface area contributed by atoms with E-state index in [1.54, 1.807) is 0 Å². The van der Waals surface area contributed by atoms with Crippen LogP contribution in [0.15, 0.2) is 24.3 Å². The lowest BCUT2D eigenvalue weighted by Crippen LogP contribution is -2.22. The Kier molecular flexibility index (Phi) is 6.79. The van der Waals surface area contributed by atoms with Crippen molar-refractivity contribution in [3.8, 4) is 11.8 Å². The van der Waals surface area contributed by atoms with Gasteiger partial charge >= 0.3 is 0 Å². The van der Waals surface area contributed by atoms with Crippen LogP contribution in [0.5, 0.6) is 0 Å². The van der Waals surface area contributed by atoms with Gasteiger partial charge in [0.2, 0.25) is 0 Å². The molecule has 2 atom stereocenters. The molecule has 1 aliphatic rings. The normalized spacial score (nSPS) is 21.6. The predicted molar refractivity (Wildman–Crippen MR) is 85.8 cm³/mol. The van der Waals surface area contributed by atoms with Crippen LogP contribution in [-0.2, 0) is 11.3 Å². The van der Waals surface area contributed by atoms with Gasteiger partial charge in [0, 0.05) is 12.0 Å². The molecule has 1 aromatic carbocycles. The third kappa shape index (κ3) is 5.19. The van der Waals surface area contributed by atoms with E-state index >= 15 is 0 Å². The molecule has 0 heterocycles. The van der Waals surface area contributed by atoms with E-state index in [0.717, 1.165) is 17.0 Å². The average Bonchev–Trinajstić information content (AvgIpc) is 2.54. The Morgan fingerprint density at radius 2 is 2.14 bits per heavy atom. The zero-order chi connectivity index (χ0) is 14.9. The lowest BCUT2D eigenvalue weighted by molar-refractivity contribution is 0.00169. The molecule has 1 aliphatic carbocycles. The van der Waals surface area contributed by atoms with Crippen LogP contribution < -0.4 is 0 Å². The van der Waals surface area contributed by atoms with Crippen molar-refractivity contribution >= 4 is 0 Å². The smallest absolute Gasteiger partial charge is 0.0732 e. The first-order valence-corrected chi connectivity index (χ1v) is 8.12. The predicted octanol–water partition coefficient (Wildman–Crippen LogP) is 3.91. The van der Waals surface area contributed by atoms with E-state index in [-0.39, 0.29) is 6.61 Å². The molecule has 2 unspecified atom stereocenters. The molecule has 21 heavy (non-hydrogen) atoms. The second-order valence-corrected chi connectivity index (χ2v) is 5.81. The number of rotatable bonds is 5. The summed E-state index contributed by atoms with van der Waals surface area (Å²) in [5.41, 5.74) is 2.18. The van der Waals surface area contributed by atoms with Gasteiger partial charge in [0.1, 0.15) is 0 Å². The van der Waals surface area contributed by atoms with Gasteiger partial charge in [-0.05, 0) is 30.4 Å². The van der Waals surface area contributed by atoms with E-state index in [1.165, 1.54) is 32.1 Å². The highest BCUT2D eigenvalue weighted by atomic mass is 16.5. The second kappa shape index (κ2) is 8.87. The number of aliphatic hydroxyl groups excluding tert-OH is 1. The van der Waals surface area contributed by atoms with E-state index in [2.05, 4.69) is 24.8 Å². The summed E-state index contributed by atoms with van der Waals surface area (Å²) in [6.45, 7) is 3.04. The number of benzene rings is 1. The topological polar surface area (TPSA) is 29.5 Å². The first-order valence-electron chi connectivity index (χ1n) is 8.12. The summed E-state index contributed by atoms with van der Waals surface area (Å²) in [6, 6.07) is 8.15. The summed E-state index contributed by atoms with van der Waals surface area (Å²) in [5.74, 6) is 6.96. The van der Waals surface area contributed by atoms with Crippen LogP contribution in [0.3, 0.4) is 0 Å². The Bertz CT molecular complexity index is 484. The lowest BCUT2D eigenvalue weighted by atomic mass is 9.85. The highest BCUT2D eigenvalue weighted by Gasteiger charge is 2.21. The summed E-state index contributed by atoms with van der Waals surface area (Å²) in [4.78, 5) is 0. The maximum absolute atomic E-state index is 8.81. The summed E-state index contributed by atoms with van der Waals surface area (Å²) in [5, 5.41) is 8.81. The van der Waals surface area contributed by atoms with Gasteiger partial charge in [0.15, 0.2) is 0 Å². The Labute approximate surface area is 128 Å². The minimum absolute atomic E-state index is 0.117. The first-order chi connectivity index (χ1) is 10.3. The zero-order valence-electron chi connectivity index (χ0n) is 13.0. The molecule has 1 aromatic rings. The third-order valence-electron chi connectivity index (χ3n) is 4.26. The van der Waals surface area contributed by atoms with Crippen molar-refractivity contribution in [3.05, 3.63) is 35.4 Å². The van der Waals surface area contributed by atoms with Crippen molar-refractivity contribution in [1.82, 2.24) is 0 Å². The van der Waals surface area contributed by atoms with Crippen LogP contribution in [0.2, 0.25) is 0 Å². The summed E-state index contributed by atoms with van der Waals surface area (Å²) in [6.07, 6.45) is 7.24. The van der Waals surface area contributed by atoms with Gasteiger partial charge < -0.3 is 9.84 Å². The summed E-state index contributed by atoms with van der Waals surface area (Å²) < 4.78 is 6.13. The van der Waals surface area contributed by atoms with Gasteiger partial charge in [-0.2, -0.15) is 0 Å². The van der Waals surface area contributed by atoms with Gasteiger partial charge in [-0.3, -0.25) is 0 Å². The van der Waals surface area contributed by atoms with Crippen molar-refractivity contribution in [2.24, 2.45) is 5.92 Å². The van der Waals surface area contributed by atoms with Gasteiger partial charge in [-0.25, -0.2) is 0 Å². The molecule has 1 saturated carbocycles. The minimum atomic E-state index is 0.117. The molecule has 1 fully saturated rings. The second-order valence-electron chi connectivity index (χ2n) is 5.81. The molecule has 2 rings (SSSR count). The maximum Gasteiger partial charge on any atom is 0.0732 e. The van der Waals surface area contributed by atoms with E-state index < -0.39 is 0 Å². The quantitative estimate of drug-likeness (QED) is 0.832. The van der Waals surface area contributed by atoms with Gasteiger partial charge in [-0.1, -0.05) is 56.2 Å². The molecule has 2 nitrogen and oxygen atoms in total. The van der Waals surface area contributed by atoms with Crippen molar-refractivity contribution in [2.75, 3.05) is 6.61 Å². The number of aliphatic hydroxyl groups is 1. The van der Waals surface area contributed by atoms with Crippen molar-refractivity contribution in [2.45, 2.75) is 58.2 Å². The largest absolute Gasteiger partial charge is 0.395 e. The molecule has 0 saturated heterocycles. The molecule has 0 aliphatic heterocycles. The number of hydrogen-bond acceptors (Lipinski definition) is 2. The molecule has 1 N–H and O–H groups in total. The van der Waals surface area contributed by atoms with E-state index in [1.807, 2.05) is 18.2 Å². The van der Waals surface area contributed by atoms with Crippen LogP contribution in [0.25, 0.3) is 0 Å². The van der Waals surface area contributed by atoms with Gasteiger partial charge in [0.05, 0.1) is 19.3 Å². The van der Waals surface area contributed by atoms with Crippen LogP contribution in [-0.4, -0.2) is 17.8 Å². The van der Waals surface area contributed by atoms with E-state index in [0.29, 0.717) is 19.1 Å². The molecule has 114 valence electrons. The highest BCUT2D eigenvalue weighted by Crippen LogP contribution is 2.29. The Morgan fingerprint density at radius 1 is 1.29 bits per heavy atom. The monoisotopic (exact) mass is 286 g/mol. The molecular weight excluding hydrogens is 260 g/mol. The lowest BCUT2D eigenvalue weighted by Gasteiger charge is -2.28. The SMILES string of the molecule is CCC1CCCC(OCc2ccccc2C#CCCO)C1. The fourth-order valence-electron chi connectivity index (χ4n) is 2.95. The summed E-state index contributed by atoms with van der Waals surface area (Å²) >= 11 is 0. The van der Waals surface area contributed by atoms with Crippen molar-refractivity contribution in [3.63, 3.8) is 0 Å². The molecule has 0 amide bonds. The first kappa shape index (κ1) is 16.1. The molecule has 0 spiro atoms. The molecule has 0 aromatic heterocycles. The Balaban J connectivity index is 1.92. The average molecular weight is 286 g/mol. The Hall–Kier alpha value is -1.30. The Morgan fingerprint density at radius 3 is 2.95 bits per heavy atom. The van der Waals surface area contributed by atoms with E-state index in [9.17, 15) is 0 Å². The zero-order valence-corrected chi connectivity index (χ0v) is 13.0. The van der Waals surface area contributed by atoms with E-state index in [4.69, 9.17) is 9.84 Å². The van der Waals surface area contributed by atoms with Crippen LogP contribution in [0.1, 0.15) is 56.6 Å².